The molecule has 4 aromatic rings. The molecule has 0 radical (unpaired) electrons. The molecule has 5 rings (SSSR count). The van der Waals surface area contributed by atoms with Crippen LogP contribution < -0.4 is 4.74 Å². The molecule has 0 bridgehead atoms. The lowest BCUT2D eigenvalue weighted by atomic mass is 10.1. The first-order valence-corrected chi connectivity index (χ1v) is 10.2. The largest absolute Gasteiger partial charge is 0.508 e. The summed E-state index contributed by atoms with van der Waals surface area (Å²) in [5.74, 6) is 0.225. The third kappa shape index (κ3) is 3.34. The van der Waals surface area contributed by atoms with Crippen molar-refractivity contribution in [2.75, 3.05) is 0 Å². The smallest absolute Gasteiger partial charge is 0.279 e. The van der Waals surface area contributed by atoms with E-state index in [1.165, 1.54) is 22.3 Å². The van der Waals surface area contributed by atoms with Gasteiger partial charge in [-0.05, 0) is 31.2 Å². The van der Waals surface area contributed by atoms with Crippen molar-refractivity contribution in [1.29, 1.82) is 0 Å². The molecular formula is C22H15N3O5S. The summed E-state index contributed by atoms with van der Waals surface area (Å²) in [5, 5.41) is 14.0. The first-order chi connectivity index (χ1) is 15.0. The van der Waals surface area contributed by atoms with Crippen LogP contribution in [0.3, 0.4) is 0 Å². The molecule has 0 spiro atoms. The molecule has 8 nitrogen and oxygen atoms in total. The molecule has 1 atom stereocenters. The van der Waals surface area contributed by atoms with Crippen molar-refractivity contribution in [2.24, 2.45) is 0 Å². The van der Waals surface area contributed by atoms with Gasteiger partial charge in [0.05, 0.1) is 28.2 Å². The SMILES string of the molecule is CC(c1cc(-c2cnc(Oc3cccc(O)c3)s2)no1)N1C(=O)c2ccccc2C1=O. The van der Waals surface area contributed by atoms with Gasteiger partial charge in [-0.25, -0.2) is 4.98 Å². The fourth-order valence-electron chi connectivity index (χ4n) is 3.36. The molecule has 1 aliphatic heterocycles. The van der Waals surface area contributed by atoms with Crippen LogP contribution in [0.1, 0.15) is 39.4 Å². The van der Waals surface area contributed by atoms with Crippen LogP contribution in [0, 0.1) is 0 Å². The Morgan fingerprint density at radius 2 is 1.81 bits per heavy atom. The molecule has 0 fully saturated rings. The van der Waals surface area contributed by atoms with E-state index in [1.807, 2.05) is 0 Å². The van der Waals surface area contributed by atoms with Crippen molar-refractivity contribution in [3.63, 3.8) is 0 Å². The van der Waals surface area contributed by atoms with Gasteiger partial charge in [0.1, 0.15) is 17.2 Å². The van der Waals surface area contributed by atoms with Crippen LogP contribution in [0.5, 0.6) is 16.7 Å². The van der Waals surface area contributed by atoms with E-state index < -0.39 is 6.04 Å². The highest BCUT2D eigenvalue weighted by Crippen LogP contribution is 2.36. The number of phenolic OH excluding ortho intramolecular Hbond substituents is 1. The molecule has 9 heteroatoms. The number of aromatic hydroxyl groups is 1. The second-order valence-electron chi connectivity index (χ2n) is 6.91. The van der Waals surface area contributed by atoms with Gasteiger partial charge in [0.15, 0.2) is 5.76 Å². The van der Waals surface area contributed by atoms with E-state index in [0.29, 0.717) is 38.4 Å². The fraction of sp³-hybridized carbons (Fsp3) is 0.0909. The van der Waals surface area contributed by atoms with Gasteiger partial charge in [-0.15, -0.1) is 0 Å². The predicted octanol–water partition coefficient (Wildman–Crippen LogP) is 4.65. The molecule has 2 aromatic heterocycles. The zero-order valence-corrected chi connectivity index (χ0v) is 17.0. The monoisotopic (exact) mass is 433 g/mol. The number of carbonyl (C=O) groups excluding carboxylic acids is 2. The minimum atomic E-state index is -0.621. The summed E-state index contributed by atoms with van der Waals surface area (Å²) in [6, 6.07) is 14.2. The summed E-state index contributed by atoms with van der Waals surface area (Å²) in [4.78, 5) is 31.5. The quantitative estimate of drug-likeness (QED) is 0.457. The van der Waals surface area contributed by atoms with Crippen molar-refractivity contribution in [2.45, 2.75) is 13.0 Å². The maximum Gasteiger partial charge on any atom is 0.279 e. The minimum Gasteiger partial charge on any atom is -0.508 e. The molecule has 0 aliphatic carbocycles. The second-order valence-corrected chi connectivity index (χ2v) is 7.90. The summed E-state index contributed by atoms with van der Waals surface area (Å²) in [6.07, 6.45) is 1.59. The van der Waals surface area contributed by atoms with Crippen molar-refractivity contribution in [1.82, 2.24) is 15.0 Å². The summed E-state index contributed by atoms with van der Waals surface area (Å²) in [6.45, 7) is 1.72. The van der Waals surface area contributed by atoms with Gasteiger partial charge in [-0.3, -0.25) is 14.5 Å². The predicted molar refractivity (Wildman–Crippen MR) is 111 cm³/mol. The third-order valence-corrected chi connectivity index (χ3v) is 5.81. The highest BCUT2D eigenvalue weighted by molar-refractivity contribution is 7.16. The third-order valence-electron chi connectivity index (χ3n) is 4.91. The van der Waals surface area contributed by atoms with E-state index in [1.54, 1.807) is 61.7 Å². The number of thiazole rings is 1. The fourth-order valence-corrected chi connectivity index (χ4v) is 4.10. The molecule has 0 saturated heterocycles. The number of ether oxygens (including phenoxy) is 1. The van der Waals surface area contributed by atoms with Crippen LogP contribution >= 0.6 is 11.3 Å². The number of phenols is 1. The molecule has 2 aromatic carbocycles. The van der Waals surface area contributed by atoms with Gasteiger partial charge in [-0.1, -0.05) is 34.7 Å². The number of benzene rings is 2. The van der Waals surface area contributed by atoms with Gasteiger partial charge in [0.25, 0.3) is 17.0 Å². The molecule has 154 valence electrons. The van der Waals surface area contributed by atoms with E-state index in [2.05, 4.69) is 10.1 Å². The van der Waals surface area contributed by atoms with Gasteiger partial charge in [0, 0.05) is 12.1 Å². The van der Waals surface area contributed by atoms with Gasteiger partial charge in [0.2, 0.25) is 0 Å². The zero-order valence-electron chi connectivity index (χ0n) is 16.2. The number of aromatic nitrogens is 2. The lowest BCUT2D eigenvalue weighted by molar-refractivity contribution is 0.0573. The first kappa shape index (κ1) is 19.0. The van der Waals surface area contributed by atoms with Crippen LogP contribution in [0.15, 0.2) is 65.3 Å². The van der Waals surface area contributed by atoms with Crippen LogP contribution in [-0.2, 0) is 0 Å². The van der Waals surface area contributed by atoms with Crippen molar-refractivity contribution < 1.29 is 24.0 Å². The van der Waals surface area contributed by atoms with E-state index >= 15 is 0 Å². The Morgan fingerprint density at radius 3 is 2.52 bits per heavy atom. The first-order valence-electron chi connectivity index (χ1n) is 9.38. The van der Waals surface area contributed by atoms with Gasteiger partial charge >= 0.3 is 0 Å². The molecule has 1 unspecified atom stereocenters. The number of fused-ring (bicyclic) bond motifs is 1. The van der Waals surface area contributed by atoms with E-state index in [4.69, 9.17) is 9.26 Å². The highest BCUT2D eigenvalue weighted by Gasteiger charge is 2.40. The Labute approximate surface area is 180 Å². The average Bonchev–Trinajstić information content (AvgIpc) is 3.48. The highest BCUT2D eigenvalue weighted by atomic mass is 32.1. The molecule has 0 saturated carbocycles. The Hall–Kier alpha value is -3.98. The lowest BCUT2D eigenvalue weighted by Gasteiger charge is -2.19. The zero-order chi connectivity index (χ0) is 21.5. The summed E-state index contributed by atoms with van der Waals surface area (Å²) >= 11 is 1.25. The average molecular weight is 433 g/mol. The molecule has 1 N–H and O–H groups in total. The topological polar surface area (TPSA) is 106 Å². The van der Waals surface area contributed by atoms with Crippen molar-refractivity contribution >= 4 is 23.2 Å². The number of hydrogen-bond acceptors (Lipinski definition) is 8. The Balaban J connectivity index is 1.36. The van der Waals surface area contributed by atoms with Crippen LogP contribution in [0.2, 0.25) is 0 Å². The van der Waals surface area contributed by atoms with Crippen LogP contribution in [0.4, 0.5) is 0 Å². The number of carbonyl (C=O) groups is 2. The molecule has 1 aliphatic rings. The number of nitrogens with zero attached hydrogens (tertiary/aromatic N) is 3. The number of amides is 2. The maximum atomic E-state index is 12.7. The van der Waals surface area contributed by atoms with Crippen molar-refractivity contribution in [3.05, 3.63) is 77.7 Å². The Bertz CT molecular complexity index is 1280. The van der Waals surface area contributed by atoms with Gasteiger partial charge in [-0.2, -0.15) is 0 Å². The molecular weight excluding hydrogens is 418 g/mol. The molecule has 3 heterocycles. The second kappa shape index (κ2) is 7.37. The van der Waals surface area contributed by atoms with Crippen molar-refractivity contribution in [3.8, 4) is 27.3 Å². The van der Waals surface area contributed by atoms with E-state index in [-0.39, 0.29) is 17.6 Å². The number of rotatable bonds is 5. The van der Waals surface area contributed by atoms with Crippen LogP contribution in [-0.4, -0.2) is 32.0 Å². The van der Waals surface area contributed by atoms with Crippen LogP contribution in [0.25, 0.3) is 10.6 Å². The Kier molecular flexibility index (Phi) is 4.52. The minimum absolute atomic E-state index is 0.0950. The Morgan fingerprint density at radius 1 is 1.06 bits per heavy atom. The van der Waals surface area contributed by atoms with E-state index in [9.17, 15) is 14.7 Å². The normalized spacial score (nSPS) is 14.0. The summed E-state index contributed by atoms with van der Waals surface area (Å²) < 4.78 is 11.1. The maximum absolute atomic E-state index is 12.7. The van der Waals surface area contributed by atoms with Gasteiger partial charge < -0.3 is 14.4 Å². The standard InChI is InChI=1S/C22H15N3O5S/c1-12(25-20(27)15-7-2-3-8-16(15)21(25)28)18-10-17(24-30-18)19-11-23-22(31-19)29-14-6-4-5-13(26)9-14/h2-12,26H,1H3. The molecule has 2 amide bonds. The summed E-state index contributed by atoms with van der Waals surface area (Å²) in [5.41, 5.74) is 1.28. The van der Waals surface area contributed by atoms with E-state index in [0.717, 1.165) is 0 Å². The summed E-state index contributed by atoms with van der Waals surface area (Å²) in [7, 11) is 0. The number of imide groups is 1. The lowest BCUT2D eigenvalue weighted by Crippen LogP contribution is -2.32. The number of hydrogen-bond donors (Lipinski definition) is 1. The molecule has 31 heavy (non-hydrogen) atoms.